The largest absolute Gasteiger partial charge is 0.454 e. The number of hydrogen-bond donors (Lipinski definition) is 0. The Kier molecular flexibility index (Phi) is 7.89. The quantitative estimate of drug-likeness (QED) is 0.168. The van der Waals surface area contributed by atoms with Gasteiger partial charge in [-0.05, 0) is 137 Å². The summed E-state index contributed by atoms with van der Waals surface area (Å²) in [5.74, 6) is 0. The molecule has 1 aromatic heterocycles. The first-order valence-corrected chi connectivity index (χ1v) is 20.6. The van der Waals surface area contributed by atoms with Crippen molar-refractivity contribution in [3.05, 3.63) is 224 Å². The molecule has 12 aromatic rings. The van der Waals surface area contributed by atoms with Gasteiger partial charge in [0, 0.05) is 22.1 Å². The lowest BCUT2D eigenvalue weighted by Gasteiger charge is -2.26. The molecule has 0 amide bonds. The van der Waals surface area contributed by atoms with E-state index in [0.717, 1.165) is 39.0 Å². The Morgan fingerprint density at radius 3 is 1.20 bits per heavy atom. The lowest BCUT2D eigenvalue weighted by Crippen LogP contribution is -2.10. The van der Waals surface area contributed by atoms with E-state index in [-0.39, 0.29) is 0 Å². The van der Waals surface area contributed by atoms with E-state index < -0.39 is 0 Å². The molecule has 12 rings (SSSR count). The number of furan rings is 1. The summed E-state index contributed by atoms with van der Waals surface area (Å²) in [6.45, 7) is 0. The summed E-state index contributed by atoms with van der Waals surface area (Å²) in [6, 6.07) is 81.3. The van der Waals surface area contributed by atoms with Crippen LogP contribution < -0.4 is 4.90 Å². The molecule has 0 saturated carbocycles. The second-order valence-electron chi connectivity index (χ2n) is 15.7. The SMILES string of the molecule is c1ccc2cc(-c3ccc(N(c4ccc(-c5ccc6cc(-c7ccc8ccccc8c7)ccc6c5)cc4)c4cc5ccccc5c5c4oc4ccccc45)cc3)ccc2c1. The van der Waals surface area contributed by atoms with Crippen LogP contribution in [0, 0.1) is 0 Å². The predicted molar refractivity (Wildman–Crippen MR) is 255 cm³/mol. The molecule has 0 aliphatic heterocycles. The van der Waals surface area contributed by atoms with Gasteiger partial charge in [-0.2, -0.15) is 0 Å². The van der Waals surface area contributed by atoms with E-state index in [1.165, 1.54) is 76.5 Å². The standard InChI is InChI=1S/C58H37NO/c1-3-11-42-33-44(19-17-38(42)9-1)40-25-29-51(30-26-40)59(55-37-50-13-5-6-14-53(50)57-54-15-7-8-16-56(54)60-58(55)57)52-31-27-41(28-32-52)45-21-22-48-36-49(24-23-47(48)35-45)46-20-18-39-10-2-4-12-43(39)34-46/h1-37H. The molecule has 2 heteroatoms. The third-order valence-corrected chi connectivity index (χ3v) is 12.2. The molecule has 0 bridgehead atoms. The Balaban J connectivity index is 0.955. The lowest BCUT2D eigenvalue weighted by molar-refractivity contribution is 0.669. The summed E-state index contributed by atoms with van der Waals surface area (Å²) < 4.78 is 6.80. The molecule has 0 aliphatic carbocycles. The van der Waals surface area contributed by atoms with Crippen LogP contribution >= 0.6 is 0 Å². The fraction of sp³-hybridized carbons (Fsp3) is 0. The number of hydrogen-bond acceptors (Lipinski definition) is 2. The Morgan fingerprint density at radius 2 is 0.667 bits per heavy atom. The van der Waals surface area contributed by atoms with Crippen molar-refractivity contribution in [2.45, 2.75) is 0 Å². The second kappa shape index (κ2) is 13.9. The molecule has 0 aliphatic rings. The molecule has 1 heterocycles. The maximum Gasteiger partial charge on any atom is 0.160 e. The van der Waals surface area contributed by atoms with Gasteiger partial charge in [0.1, 0.15) is 5.58 Å². The fourth-order valence-corrected chi connectivity index (χ4v) is 9.10. The van der Waals surface area contributed by atoms with Gasteiger partial charge in [0.2, 0.25) is 0 Å². The zero-order valence-electron chi connectivity index (χ0n) is 32.7. The van der Waals surface area contributed by atoms with Crippen molar-refractivity contribution < 1.29 is 4.42 Å². The van der Waals surface area contributed by atoms with E-state index >= 15 is 0 Å². The molecule has 0 unspecified atom stereocenters. The van der Waals surface area contributed by atoms with Crippen LogP contribution in [0.1, 0.15) is 0 Å². The minimum atomic E-state index is 0.871. The fourth-order valence-electron chi connectivity index (χ4n) is 9.10. The van der Waals surface area contributed by atoms with Gasteiger partial charge in [-0.15, -0.1) is 0 Å². The monoisotopic (exact) mass is 763 g/mol. The third-order valence-electron chi connectivity index (χ3n) is 12.2. The topological polar surface area (TPSA) is 16.4 Å². The molecule has 11 aromatic carbocycles. The average Bonchev–Trinajstić information content (AvgIpc) is 3.72. The summed E-state index contributed by atoms with van der Waals surface area (Å²) in [5, 5.41) is 12.0. The zero-order valence-corrected chi connectivity index (χ0v) is 32.7. The van der Waals surface area contributed by atoms with Gasteiger partial charge < -0.3 is 9.32 Å². The van der Waals surface area contributed by atoms with Crippen molar-refractivity contribution in [1.29, 1.82) is 0 Å². The average molecular weight is 764 g/mol. The summed E-state index contributed by atoms with van der Waals surface area (Å²) >= 11 is 0. The molecule has 280 valence electrons. The van der Waals surface area contributed by atoms with Gasteiger partial charge in [0.25, 0.3) is 0 Å². The second-order valence-corrected chi connectivity index (χ2v) is 15.7. The molecule has 0 saturated heterocycles. The van der Waals surface area contributed by atoms with Gasteiger partial charge in [0.05, 0.1) is 5.69 Å². The molecular formula is C58H37NO. The lowest BCUT2D eigenvalue weighted by atomic mass is 9.96. The highest BCUT2D eigenvalue weighted by Gasteiger charge is 2.22. The van der Waals surface area contributed by atoms with Crippen LogP contribution in [0.5, 0.6) is 0 Å². The molecule has 0 spiro atoms. The third kappa shape index (κ3) is 5.81. The number of nitrogens with zero attached hydrogens (tertiary/aromatic N) is 1. The van der Waals surface area contributed by atoms with E-state index in [9.17, 15) is 0 Å². The zero-order chi connectivity index (χ0) is 39.6. The van der Waals surface area contributed by atoms with Gasteiger partial charge in [-0.1, -0.05) is 164 Å². The van der Waals surface area contributed by atoms with Crippen molar-refractivity contribution >= 4 is 82.1 Å². The molecular weight excluding hydrogens is 727 g/mol. The van der Waals surface area contributed by atoms with Crippen LogP contribution in [0.4, 0.5) is 17.1 Å². The molecule has 0 N–H and O–H groups in total. The van der Waals surface area contributed by atoms with E-state index in [1.807, 2.05) is 6.07 Å². The maximum atomic E-state index is 6.80. The van der Waals surface area contributed by atoms with Crippen LogP contribution in [-0.2, 0) is 0 Å². The first kappa shape index (κ1) is 34.1. The van der Waals surface area contributed by atoms with Gasteiger partial charge in [0.15, 0.2) is 5.58 Å². The smallest absolute Gasteiger partial charge is 0.160 e. The Morgan fingerprint density at radius 1 is 0.283 bits per heavy atom. The molecule has 0 fully saturated rings. The van der Waals surface area contributed by atoms with E-state index in [1.54, 1.807) is 0 Å². The minimum Gasteiger partial charge on any atom is -0.454 e. The van der Waals surface area contributed by atoms with E-state index in [4.69, 9.17) is 4.42 Å². The summed E-state index contributed by atoms with van der Waals surface area (Å²) in [4.78, 5) is 2.35. The van der Waals surface area contributed by atoms with Crippen LogP contribution in [-0.4, -0.2) is 0 Å². The maximum absolute atomic E-state index is 6.80. The van der Waals surface area contributed by atoms with Crippen molar-refractivity contribution in [2.24, 2.45) is 0 Å². The molecule has 2 nitrogen and oxygen atoms in total. The van der Waals surface area contributed by atoms with E-state index in [2.05, 4.69) is 223 Å². The van der Waals surface area contributed by atoms with Crippen molar-refractivity contribution in [2.75, 3.05) is 4.90 Å². The van der Waals surface area contributed by atoms with Gasteiger partial charge in [-0.3, -0.25) is 0 Å². The molecule has 0 radical (unpaired) electrons. The summed E-state index contributed by atoms with van der Waals surface area (Å²) in [5.41, 5.74) is 12.0. The van der Waals surface area contributed by atoms with Crippen molar-refractivity contribution in [1.82, 2.24) is 0 Å². The Labute approximate surface area is 347 Å². The minimum absolute atomic E-state index is 0.871. The van der Waals surface area contributed by atoms with Crippen molar-refractivity contribution in [3.63, 3.8) is 0 Å². The number of anilines is 3. The molecule has 0 atom stereocenters. The van der Waals surface area contributed by atoms with Crippen LogP contribution in [0.15, 0.2) is 229 Å². The molecule has 60 heavy (non-hydrogen) atoms. The Hall–Kier alpha value is -7.94. The van der Waals surface area contributed by atoms with Crippen LogP contribution in [0.25, 0.3) is 98.4 Å². The van der Waals surface area contributed by atoms with Crippen LogP contribution in [0.2, 0.25) is 0 Å². The number of fused-ring (bicyclic) bond motifs is 8. The van der Waals surface area contributed by atoms with Crippen molar-refractivity contribution in [3.8, 4) is 33.4 Å². The first-order valence-electron chi connectivity index (χ1n) is 20.6. The van der Waals surface area contributed by atoms with Crippen LogP contribution in [0.3, 0.4) is 0 Å². The first-order chi connectivity index (χ1) is 29.7. The highest BCUT2D eigenvalue weighted by molar-refractivity contribution is 6.23. The van der Waals surface area contributed by atoms with Gasteiger partial charge in [-0.25, -0.2) is 0 Å². The highest BCUT2D eigenvalue weighted by Crippen LogP contribution is 2.46. The summed E-state index contributed by atoms with van der Waals surface area (Å²) in [7, 11) is 0. The number of rotatable bonds is 6. The predicted octanol–water partition coefficient (Wildman–Crippen LogP) is 16.7. The van der Waals surface area contributed by atoms with E-state index in [0.29, 0.717) is 0 Å². The van der Waals surface area contributed by atoms with Gasteiger partial charge >= 0.3 is 0 Å². The Bertz CT molecular complexity index is 3600. The number of para-hydroxylation sites is 1. The number of benzene rings is 11. The summed E-state index contributed by atoms with van der Waals surface area (Å²) in [6.07, 6.45) is 0. The highest BCUT2D eigenvalue weighted by atomic mass is 16.3. The normalized spacial score (nSPS) is 11.7.